The number of β-lactam (4-membered cyclic amide) rings is 1. The van der Waals surface area contributed by atoms with Crippen LogP contribution < -0.4 is 11.1 Å². The Hall–Kier alpha value is -3.84. The van der Waals surface area contributed by atoms with Gasteiger partial charge in [-0.25, -0.2) is 14.1 Å². The van der Waals surface area contributed by atoms with E-state index >= 15 is 0 Å². The van der Waals surface area contributed by atoms with Gasteiger partial charge in [-0.3, -0.25) is 23.4 Å². The topological polar surface area (TPSA) is 254 Å². The second-order valence-electron chi connectivity index (χ2n) is 11.2. The van der Waals surface area contributed by atoms with Crippen molar-refractivity contribution in [1.82, 2.24) is 14.6 Å². The number of aliphatic carboxylic acids is 2. The molecule has 0 spiro atoms. The number of nitrogen functional groups attached to an aromatic ring is 1. The van der Waals surface area contributed by atoms with Crippen molar-refractivity contribution in [3.63, 3.8) is 0 Å². The van der Waals surface area contributed by atoms with Gasteiger partial charge in [0.15, 0.2) is 10.8 Å². The lowest BCUT2D eigenvalue weighted by Gasteiger charge is -2.43. The van der Waals surface area contributed by atoms with E-state index in [1.807, 2.05) is 0 Å². The molecular weight excluding hydrogens is 626 g/mol. The van der Waals surface area contributed by atoms with Gasteiger partial charge in [0.05, 0.1) is 19.3 Å². The smallest absolute Gasteiger partial charge is 0.365 e. The minimum absolute atomic E-state index is 0.0246. The monoisotopic (exact) mass is 663 g/mol. The van der Waals surface area contributed by atoms with Crippen LogP contribution in [0, 0.1) is 5.41 Å². The number of esters is 1. The van der Waals surface area contributed by atoms with Gasteiger partial charge >= 0.3 is 28.2 Å². The third-order valence-corrected chi connectivity index (χ3v) is 8.47. The lowest BCUT2D eigenvalue weighted by molar-refractivity contribution is -0.161. The molecule has 2 rings (SSSR count). The lowest BCUT2D eigenvalue weighted by Crippen LogP contribution is -2.71. The quantitative estimate of drug-likeness (QED) is 0.0559. The summed E-state index contributed by atoms with van der Waals surface area (Å²) in [6.07, 6.45) is 0.953. The average Bonchev–Trinajstić information content (AvgIpc) is 3.34. The Balaban J connectivity index is 1.96. The Morgan fingerprint density at radius 1 is 1.16 bits per heavy atom. The zero-order valence-electron chi connectivity index (χ0n) is 24.9. The van der Waals surface area contributed by atoms with Gasteiger partial charge in [0.25, 0.3) is 11.8 Å². The largest absolute Gasteiger partial charge is 0.481 e. The summed E-state index contributed by atoms with van der Waals surface area (Å²) in [5.74, 6) is -4.79. The predicted octanol–water partition coefficient (Wildman–Crippen LogP) is 0.891. The number of nitrogens with zero attached hydrogens (tertiary/aromatic N) is 3. The zero-order chi connectivity index (χ0) is 33.5. The fraction of sp³-hybridized carbons (Fsp3) is 0.640. The summed E-state index contributed by atoms with van der Waals surface area (Å²) < 4.78 is 36.4. The van der Waals surface area contributed by atoms with Crippen LogP contribution in [-0.4, -0.2) is 94.3 Å². The number of carbonyl (C=O) groups excluding carboxylic acids is 3. The number of carboxylic acids is 2. The molecule has 0 radical (unpaired) electrons. The Labute approximate surface area is 258 Å². The Kier molecular flexibility index (Phi) is 12.2. The van der Waals surface area contributed by atoms with E-state index in [-0.39, 0.29) is 43.3 Å². The second-order valence-corrected chi connectivity index (χ2v) is 13.6. The third kappa shape index (κ3) is 10.1. The number of hydrogen-bond donors (Lipinski definition) is 4. The van der Waals surface area contributed by atoms with Crippen LogP contribution in [0.25, 0.3) is 0 Å². The van der Waals surface area contributed by atoms with Crippen molar-refractivity contribution in [2.45, 2.75) is 84.4 Å². The van der Waals surface area contributed by atoms with Crippen molar-refractivity contribution in [1.29, 1.82) is 0 Å². The van der Waals surface area contributed by atoms with E-state index in [0.717, 1.165) is 11.3 Å². The molecule has 1 aliphatic heterocycles. The maximum absolute atomic E-state index is 13.0. The number of carbonyl (C=O) groups is 5. The number of amides is 2. The number of oxime groups is 1. The number of thiazole rings is 1. The highest BCUT2D eigenvalue weighted by Crippen LogP contribution is 2.28. The van der Waals surface area contributed by atoms with Crippen LogP contribution in [0.1, 0.15) is 72.4 Å². The first-order valence-electron chi connectivity index (χ1n) is 13.4. The molecule has 5 N–H and O–H groups in total. The molecule has 2 atom stereocenters. The number of nitrogens with two attached hydrogens (primary N) is 1. The highest BCUT2D eigenvalue weighted by atomic mass is 32.2. The number of rotatable bonds is 18. The minimum atomic E-state index is -4.57. The molecule has 1 saturated heterocycles. The summed E-state index contributed by atoms with van der Waals surface area (Å²) in [7, 11) is -4.57. The molecule has 44 heavy (non-hydrogen) atoms. The second kappa shape index (κ2) is 14.8. The van der Waals surface area contributed by atoms with Gasteiger partial charge in [0, 0.05) is 18.2 Å². The molecule has 0 saturated carbocycles. The first kappa shape index (κ1) is 36.4. The van der Waals surface area contributed by atoms with Crippen molar-refractivity contribution < 1.29 is 56.4 Å². The van der Waals surface area contributed by atoms with Crippen molar-refractivity contribution in [2.24, 2.45) is 10.6 Å². The van der Waals surface area contributed by atoms with Crippen molar-refractivity contribution >= 4 is 62.2 Å². The molecule has 1 aromatic heterocycles. The molecule has 0 bridgehead atoms. The molecule has 17 nitrogen and oxygen atoms in total. The molecule has 2 heterocycles. The fourth-order valence-corrected chi connectivity index (χ4v) is 5.52. The summed E-state index contributed by atoms with van der Waals surface area (Å²) in [4.78, 5) is 68.5. The van der Waals surface area contributed by atoms with Gasteiger partial charge in [-0.05, 0) is 45.4 Å². The van der Waals surface area contributed by atoms with Crippen LogP contribution >= 0.6 is 11.3 Å². The van der Waals surface area contributed by atoms with Gasteiger partial charge in [-0.15, -0.1) is 11.3 Å². The summed E-state index contributed by atoms with van der Waals surface area (Å²) in [6.45, 7) is 6.74. The van der Waals surface area contributed by atoms with Crippen molar-refractivity contribution in [3.05, 3.63) is 11.1 Å². The predicted molar refractivity (Wildman–Crippen MR) is 154 cm³/mol. The standard InChI is InChI=1S/C25H37N5O12S2/c1-14-18(28-20(34)19(15-12-43-23(26)27-15)29-42-25(4,5)22(36)37)21(35)30(14)44(38,39)41-13-24(2,3)10-11-40-17(33)9-7-6-8-16(31)32/h12,14,18H,6-11,13H2,1-5H3,(H2,26,27)(H,28,34)(H,31,32)(H,36,37)/b29-19+/t14-,18-/m0/s1. The van der Waals surface area contributed by atoms with Gasteiger partial charge in [0.1, 0.15) is 11.7 Å². The van der Waals surface area contributed by atoms with E-state index in [4.69, 9.17) is 24.6 Å². The number of ether oxygens (including phenoxy) is 1. The Morgan fingerprint density at radius 2 is 1.80 bits per heavy atom. The van der Waals surface area contributed by atoms with Crippen molar-refractivity contribution in [2.75, 3.05) is 18.9 Å². The first-order valence-corrected chi connectivity index (χ1v) is 15.6. The molecule has 0 aromatic carbocycles. The molecule has 0 aliphatic carbocycles. The first-order chi connectivity index (χ1) is 20.3. The van der Waals surface area contributed by atoms with Crippen LogP contribution in [0.2, 0.25) is 0 Å². The van der Waals surface area contributed by atoms with Crippen LogP contribution in [0.15, 0.2) is 10.5 Å². The zero-order valence-corrected chi connectivity index (χ0v) is 26.5. The average molecular weight is 664 g/mol. The van der Waals surface area contributed by atoms with Gasteiger partial charge < -0.3 is 30.8 Å². The lowest BCUT2D eigenvalue weighted by atomic mass is 9.91. The Bertz CT molecular complexity index is 1390. The molecular formula is C25H37N5O12S2. The summed E-state index contributed by atoms with van der Waals surface area (Å²) in [5.41, 5.74) is 2.50. The van der Waals surface area contributed by atoms with Gasteiger partial charge in [-0.1, -0.05) is 19.0 Å². The normalized spacial score (nSPS) is 17.5. The van der Waals surface area contributed by atoms with Crippen LogP contribution in [-0.2, 0) is 48.0 Å². The number of carboxylic acid groups (broad SMARTS) is 2. The van der Waals surface area contributed by atoms with E-state index in [1.165, 1.54) is 26.2 Å². The fourth-order valence-electron chi connectivity index (χ4n) is 3.52. The molecule has 1 aliphatic rings. The van der Waals surface area contributed by atoms with Crippen LogP contribution in [0.5, 0.6) is 0 Å². The molecule has 19 heteroatoms. The van der Waals surface area contributed by atoms with E-state index in [1.54, 1.807) is 13.8 Å². The van der Waals surface area contributed by atoms with E-state index in [0.29, 0.717) is 17.1 Å². The van der Waals surface area contributed by atoms with E-state index in [2.05, 4.69) is 15.5 Å². The molecule has 1 aromatic rings. The number of aromatic nitrogens is 1. The summed E-state index contributed by atoms with van der Waals surface area (Å²) in [6, 6.07) is -2.35. The van der Waals surface area contributed by atoms with Crippen molar-refractivity contribution in [3.8, 4) is 0 Å². The maximum atomic E-state index is 13.0. The summed E-state index contributed by atoms with van der Waals surface area (Å²) in [5, 5.41) is 25.3. The van der Waals surface area contributed by atoms with E-state index < -0.39 is 68.8 Å². The SMILES string of the molecule is C[C@H]1[C@H](NC(=O)/C(=N/OC(C)(C)C(=O)O)c2csc(N)n2)C(=O)N1S(=O)(=O)OCC(C)(C)CCOC(=O)CCCCC(=O)O. The number of anilines is 1. The molecule has 1 fully saturated rings. The minimum Gasteiger partial charge on any atom is -0.481 e. The molecule has 246 valence electrons. The Morgan fingerprint density at radius 3 is 2.34 bits per heavy atom. The maximum Gasteiger partial charge on any atom is 0.365 e. The molecule has 0 unspecified atom stereocenters. The number of unbranched alkanes of at least 4 members (excludes halogenated alkanes) is 1. The van der Waals surface area contributed by atoms with E-state index in [9.17, 15) is 37.5 Å². The highest BCUT2D eigenvalue weighted by Gasteiger charge is 2.53. The van der Waals surface area contributed by atoms with Crippen LogP contribution in [0.4, 0.5) is 5.13 Å². The highest BCUT2D eigenvalue weighted by molar-refractivity contribution is 7.85. The number of nitrogens with one attached hydrogen (secondary N) is 1. The summed E-state index contributed by atoms with van der Waals surface area (Å²) >= 11 is 0.972. The number of hydrogen-bond acceptors (Lipinski definition) is 14. The van der Waals surface area contributed by atoms with Crippen LogP contribution in [0.3, 0.4) is 0 Å². The third-order valence-electron chi connectivity index (χ3n) is 6.38. The van der Waals surface area contributed by atoms with Gasteiger partial charge in [0.2, 0.25) is 5.60 Å². The molecule has 2 amide bonds. The van der Waals surface area contributed by atoms with Gasteiger partial charge in [-0.2, -0.15) is 8.42 Å².